The summed E-state index contributed by atoms with van der Waals surface area (Å²) in [7, 11) is 0. The fraction of sp³-hybridized carbons (Fsp3) is 0.0370. The fourth-order valence-electron chi connectivity index (χ4n) is 3.51. The molecule has 0 N–H and O–H groups in total. The first-order chi connectivity index (χ1) is 15.7. The number of ether oxygens (including phenoxy) is 1. The van der Waals surface area contributed by atoms with Crippen LogP contribution < -0.4 is 4.74 Å². The number of hydrogen-bond donors (Lipinski definition) is 0. The first-order valence-electron chi connectivity index (χ1n) is 10.2. The molecular weight excluding hydrogens is 420 g/mol. The molecule has 1 heterocycles. The first kappa shape index (κ1) is 20.0. The first-order valence-corrected chi connectivity index (χ1v) is 10.6. The molecule has 0 radical (unpaired) electrons. The van der Waals surface area contributed by atoms with Crippen molar-refractivity contribution >= 4 is 34.0 Å². The summed E-state index contributed by atoms with van der Waals surface area (Å²) in [6, 6.07) is 30.1. The average molecular weight is 439 g/mol. The van der Waals surface area contributed by atoms with Crippen molar-refractivity contribution in [2.24, 2.45) is 0 Å². The number of fused-ring (bicyclic) bond motifs is 1. The molecule has 0 fully saturated rings. The van der Waals surface area contributed by atoms with E-state index in [9.17, 15) is 0 Å². The highest BCUT2D eigenvalue weighted by Gasteiger charge is 2.11. The lowest BCUT2D eigenvalue weighted by Gasteiger charge is -2.09. The van der Waals surface area contributed by atoms with Gasteiger partial charge in [-0.3, -0.25) is 0 Å². The molecule has 0 aliphatic rings. The minimum Gasteiger partial charge on any atom is -0.489 e. The van der Waals surface area contributed by atoms with E-state index in [1.54, 1.807) is 0 Å². The normalized spacial score (nSPS) is 11.6. The molecule has 1 aromatic heterocycles. The van der Waals surface area contributed by atoms with Gasteiger partial charge in [0.15, 0.2) is 0 Å². The van der Waals surface area contributed by atoms with Gasteiger partial charge in [-0.05, 0) is 63.9 Å². The smallest absolute Gasteiger partial charge is 0.248 e. The van der Waals surface area contributed by atoms with Gasteiger partial charge in [0.25, 0.3) is 0 Å². The second kappa shape index (κ2) is 9.08. The van der Waals surface area contributed by atoms with E-state index in [4.69, 9.17) is 20.8 Å². The molecule has 0 bridgehead atoms. The largest absolute Gasteiger partial charge is 0.489 e. The van der Waals surface area contributed by atoms with Crippen LogP contribution in [0.2, 0.25) is 5.02 Å². The van der Waals surface area contributed by atoms with Crippen LogP contribution in [-0.2, 0) is 6.61 Å². The summed E-state index contributed by atoms with van der Waals surface area (Å²) in [4.78, 5) is 0. The predicted octanol–water partition coefficient (Wildman–Crippen LogP) is 7.04. The maximum absolute atomic E-state index is 6.01. The minimum absolute atomic E-state index is 0.449. The van der Waals surface area contributed by atoms with Gasteiger partial charge >= 0.3 is 0 Å². The Morgan fingerprint density at radius 3 is 2.41 bits per heavy atom. The lowest BCUT2D eigenvalue weighted by Crippen LogP contribution is -1.96. The lowest BCUT2D eigenvalue weighted by atomic mass is 10.0. The van der Waals surface area contributed by atoms with Crippen LogP contribution in [0.4, 0.5) is 0 Å². The Kier molecular flexibility index (Phi) is 5.69. The number of nitrogens with zero attached hydrogens (tertiary/aromatic N) is 2. The number of aromatic nitrogens is 2. The average Bonchev–Trinajstić information content (AvgIpc) is 3.37. The SMILES string of the molecule is Clc1ccc(C=C(c2ccc(OCc3ccc4ccccc4c3)cc2)c2nnco2)cc1. The summed E-state index contributed by atoms with van der Waals surface area (Å²) in [6.07, 6.45) is 3.32. The molecule has 0 atom stereocenters. The maximum Gasteiger partial charge on any atom is 0.248 e. The molecule has 156 valence electrons. The van der Waals surface area contributed by atoms with E-state index in [1.165, 1.54) is 17.2 Å². The molecule has 5 aromatic rings. The Balaban J connectivity index is 1.36. The van der Waals surface area contributed by atoms with Crippen LogP contribution in [0.3, 0.4) is 0 Å². The van der Waals surface area contributed by atoms with E-state index >= 15 is 0 Å². The van der Waals surface area contributed by atoms with Gasteiger partial charge in [0.1, 0.15) is 12.4 Å². The van der Waals surface area contributed by atoms with Gasteiger partial charge in [-0.25, -0.2) is 0 Å². The summed E-state index contributed by atoms with van der Waals surface area (Å²) in [5, 5.41) is 11.0. The Morgan fingerprint density at radius 1 is 0.875 bits per heavy atom. The Labute approximate surface area is 190 Å². The topological polar surface area (TPSA) is 48.2 Å². The van der Waals surface area contributed by atoms with E-state index < -0.39 is 0 Å². The Morgan fingerprint density at radius 2 is 1.66 bits per heavy atom. The van der Waals surface area contributed by atoms with Crippen LogP contribution >= 0.6 is 11.6 Å². The minimum atomic E-state index is 0.449. The van der Waals surface area contributed by atoms with Crippen molar-refractivity contribution < 1.29 is 9.15 Å². The molecule has 0 saturated heterocycles. The molecule has 5 heteroatoms. The molecule has 5 rings (SSSR count). The Bertz CT molecular complexity index is 1360. The van der Waals surface area contributed by atoms with Crippen molar-refractivity contribution in [2.45, 2.75) is 6.61 Å². The summed E-state index contributed by atoms with van der Waals surface area (Å²) in [5.74, 6) is 1.24. The van der Waals surface area contributed by atoms with Crippen LogP contribution in [0.25, 0.3) is 22.4 Å². The summed E-state index contributed by atoms with van der Waals surface area (Å²) in [6.45, 7) is 0.501. The van der Waals surface area contributed by atoms with Gasteiger partial charge in [0, 0.05) is 10.6 Å². The number of rotatable bonds is 6. The van der Waals surface area contributed by atoms with Crippen molar-refractivity contribution in [3.63, 3.8) is 0 Å². The van der Waals surface area contributed by atoms with Crippen molar-refractivity contribution in [3.05, 3.63) is 125 Å². The molecule has 0 aliphatic carbocycles. The second-order valence-electron chi connectivity index (χ2n) is 7.35. The van der Waals surface area contributed by atoms with Crippen LogP contribution in [-0.4, -0.2) is 10.2 Å². The Hall–Kier alpha value is -3.89. The number of benzene rings is 4. The molecule has 4 aromatic carbocycles. The molecule has 0 unspecified atom stereocenters. The lowest BCUT2D eigenvalue weighted by molar-refractivity contribution is 0.306. The van der Waals surface area contributed by atoms with Crippen LogP contribution in [0.1, 0.15) is 22.6 Å². The molecule has 0 spiro atoms. The van der Waals surface area contributed by atoms with E-state index in [-0.39, 0.29) is 0 Å². The molecule has 0 saturated carbocycles. The summed E-state index contributed by atoms with van der Waals surface area (Å²) in [5.41, 5.74) is 3.88. The zero-order valence-electron chi connectivity index (χ0n) is 17.1. The third kappa shape index (κ3) is 4.56. The van der Waals surface area contributed by atoms with Crippen molar-refractivity contribution in [1.82, 2.24) is 10.2 Å². The summed E-state index contributed by atoms with van der Waals surface area (Å²) >= 11 is 6.01. The zero-order valence-corrected chi connectivity index (χ0v) is 17.9. The zero-order chi connectivity index (χ0) is 21.8. The van der Waals surface area contributed by atoms with E-state index in [0.717, 1.165) is 28.0 Å². The highest BCUT2D eigenvalue weighted by molar-refractivity contribution is 6.30. The second-order valence-corrected chi connectivity index (χ2v) is 7.78. The highest BCUT2D eigenvalue weighted by Crippen LogP contribution is 2.27. The quantitative estimate of drug-likeness (QED) is 0.267. The molecule has 0 amide bonds. The van der Waals surface area contributed by atoms with Gasteiger partial charge < -0.3 is 9.15 Å². The van der Waals surface area contributed by atoms with Crippen molar-refractivity contribution in [3.8, 4) is 5.75 Å². The molecular formula is C27H19ClN2O2. The van der Waals surface area contributed by atoms with Gasteiger partial charge in [-0.2, -0.15) is 0 Å². The van der Waals surface area contributed by atoms with Crippen molar-refractivity contribution in [2.75, 3.05) is 0 Å². The fourth-order valence-corrected chi connectivity index (χ4v) is 3.64. The number of hydrogen-bond acceptors (Lipinski definition) is 4. The van der Waals surface area contributed by atoms with Gasteiger partial charge in [0.2, 0.25) is 12.3 Å². The van der Waals surface area contributed by atoms with Gasteiger partial charge in [-0.1, -0.05) is 72.3 Å². The third-order valence-electron chi connectivity index (χ3n) is 5.16. The third-order valence-corrected chi connectivity index (χ3v) is 5.41. The van der Waals surface area contributed by atoms with E-state index in [1.807, 2.05) is 66.7 Å². The standard InChI is InChI=1S/C27H19ClN2O2/c28-24-11-6-19(7-12-24)16-26(27-30-29-18-32-27)22-9-13-25(14-10-22)31-17-20-5-8-21-3-1-2-4-23(21)15-20/h1-16,18H,17H2. The van der Waals surface area contributed by atoms with E-state index in [0.29, 0.717) is 17.5 Å². The van der Waals surface area contributed by atoms with Gasteiger partial charge in [-0.15, -0.1) is 10.2 Å². The molecule has 32 heavy (non-hydrogen) atoms. The highest BCUT2D eigenvalue weighted by atomic mass is 35.5. The number of halogens is 1. The van der Waals surface area contributed by atoms with Crippen molar-refractivity contribution in [1.29, 1.82) is 0 Å². The van der Waals surface area contributed by atoms with Crippen LogP contribution in [0, 0.1) is 0 Å². The molecule has 0 aliphatic heterocycles. The summed E-state index contributed by atoms with van der Waals surface area (Å²) < 4.78 is 11.5. The monoisotopic (exact) mass is 438 g/mol. The van der Waals surface area contributed by atoms with Gasteiger partial charge in [0.05, 0.1) is 0 Å². The maximum atomic E-state index is 6.01. The van der Waals surface area contributed by atoms with Crippen LogP contribution in [0.5, 0.6) is 5.75 Å². The molecule has 4 nitrogen and oxygen atoms in total. The van der Waals surface area contributed by atoms with Crippen LogP contribution in [0.15, 0.2) is 102 Å². The van der Waals surface area contributed by atoms with E-state index in [2.05, 4.69) is 40.5 Å². The predicted molar refractivity (Wildman–Crippen MR) is 127 cm³/mol.